The van der Waals surface area contributed by atoms with E-state index in [4.69, 9.17) is 0 Å². The predicted octanol–water partition coefficient (Wildman–Crippen LogP) is 5.59. The molecule has 2 aromatic carbocycles. The standard InChI is InChI=1S/C29H28N8O/c1-19-7-6-8-22(13-19)29(38)34-23-11-10-20(2)25(15-23)35-28-14-21(3)36-37(28)27-16-26(32-18-33-27)31-17-24-9-4-5-12-30-24/h4-16,18,35H,17H2,1-3H3,(H,34,38)(H,31,32,33). The van der Waals surface area contributed by atoms with Gasteiger partial charge in [-0.2, -0.15) is 9.78 Å². The molecule has 0 saturated carbocycles. The van der Waals surface area contributed by atoms with Crippen LogP contribution in [0.2, 0.25) is 0 Å². The predicted molar refractivity (Wildman–Crippen MR) is 149 cm³/mol. The minimum atomic E-state index is -0.156. The van der Waals surface area contributed by atoms with Crippen molar-refractivity contribution >= 4 is 28.9 Å². The van der Waals surface area contributed by atoms with Crippen molar-refractivity contribution in [1.29, 1.82) is 0 Å². The van der Waals surface area contributed by atoms with Crippen molar-refractivity contribution in [2.75, 3.05) is 16.0 Å². The molecule has 0 unspecified atom stereocenters. The number of pyridine rings is 1. The number of nitrogens with one attached hydrogen (secondary N) is 3. The van der Waals surface area contributed by atoms with Gasteiger partial charge >= 0.3 is 0 Å². The molecule has 3 N–H and O–H groups in total. The Hall–Kier alpha value is -5.05. The lowest BCUT2D eigenvalue weighted by Crippen LogP contribution is -2.12. The first-order chi connectivity index (χ1) is 18.4. The van der Waals surface area contributed by atoms with Gasteiger partial charge in [0.1, 0.15) is 18.0 Å². The van der Waals surface area contributed by atoms with Crippen LogP contribution in [-0.4, -0.2) is 30.6 Å². The second-order valence-corrected chi connectivity index (χ2v) is 9.00. The topological polar surface area (TPSA) is 110 Å². The Morgan fingerprint density at radius 2 is 1.79 bits per heavy atom. The number of rotatable bonds is 8. The molecule has 0 radical (unpaired) electrons. The fourth-order valence-corrected chi connectivity index (χ4v) is 3.97. The van der Waals surface area contributed by atoms with E-state index in [1.165, 1.54) is 6.33 Å². The average Bonchev–Trinajstić information content (AvgIpc) is 3.30. The monoisotopic (exact) mass is 504 g/mol. The number of carbonyl (C=O) groups is 1. The van der Waals surface area contributed by atoms with Gasteiger partial charge in [-0.1, -0.05) is 29.8 Å². The van der Waals surface area contributed by atoms with Gasteiger partial charge in [-0.3, -0.25) is 9.78 Å². The zero-order valence-corrected chi connectivity index (χ0v) is 21.4. The first kappa shape index (κ1) is 24.6. The van der Waals surface area contributed by atoms with Crippen molar-refractivity contribution in [3.05, 3.63) is 113 Å². The summed E-state index contributed by atoms with van der Waals surface area (Å²) in [6, 6.07) is 22.8. The summed E-state index contributed by atoms with van der Waals surface area (Å²) in [6.45, 7) is 6.44. The number of aryl methyl sites for hydroxylation is 3. The third-order valence-corrected chi connectivity index (χ3v) is 5.92. The van der Waals surface area contributed by atoms with Crippen molar-refractivity contribution in [1.82, 2.24) is 24.7 Å². The summed E-state index contributed by atoms with van der Waals surface area (Å²) in [5, 5.41) is 14.4. The lowest BCUT2D eigenvalue weighted by molar-refractivity contribution is 0.102. The zero-order chi connectivity index (χ0) is 26.5. The van der Waals surface area contributed by atoms with Gasteiger partial charge in [0, 0.05) is 35.3 Å². The van der Waals surface area contributed by atoms with Gasteiger partial charge in [-0.15, -0.1) is 0 Å². The van der Waals surface area contributed by atoms with Crippen molar-refractivity contribution in [2.24, 2.45) is 0 Å². The summed E-state index contributed by atoms with van der Waals surface area (Å²) in [6.07, 6.45) is 3.27. The molecule has 38 heavy (non-hydrogen) atoms. The molecule has 0 spiro atoms. The maximum Gasteiger partial charge on any atom is 0.255 e. The fourth-order valence-electron chi connectivity index (χ4n) is 3.97. The van der Waals surface area contributed by atoms with Gasteiger partial charge in [-0.25, -0.2) is 9.97 Å². The van der Waals surface area contributed by atoms with E-state index >= 15 is 0 Å². The van der Waals surface area contributed by atoms with Gasteiger partial charge in [-0.05, 0) is 62.7 Å². The summed E-state index contributed by atoms with van der Waals surface area (Å²) in [7, 11) is 0. The third kappa shape index (κ3) is 5.84. The van der Waals surface area contributed by atoms with E-state index in [0.717, 1.165) is 34.0 Å². The number of hydrogen-bond acceptors (Lipinski definition) is 7. The van der Waals surface area contributed by atoms with Crippen LogP contribution < -0.4 is 16.0 Å². The Bertz CT molecular complexity index is 1580. The van der Waals surface area contributed by atoms with Crippen LogP contribution in [0.1, 0.15) is 32.9 Å². The Morgan fingerprint density at radius 1 is 0.895 bits per heavy atom. The Morgan fingerprint density at radius 3 is 2.61 bits per heavy atom. The molecule has 0 bridgehead atoms. The fraction of sp³-hybridized carbons (Fsp3) is 0.138. The molecule has 0 aliphatic rings. The molecule has 1 amide bonds. The second-order valence-electron chi connectivity index (χ2n) is 9.00. The summed E-state index contributed by atoms with van der Waals surface area (Å²) in [5.41, 5.74) is 5.94. The van der Waals surface area contributed by atoms with Crippen LogP contribution in [0.15, 0.2) is 85.3 Å². The third-order valence-electron chi connectivity index (χ3n) is 5.92. The molecule has 5 rings (SSSR count). The van der Waals surface area contributed by atoms with Crippen LogP contribution in [0.5, 0.6) is 0 Å². The first-order valence-electron chi connectivity index (χ1n) is 12.2. The number of nitrogens with zero attached hydrogens (tertiary/aromatic N) is 5. The van der Waals surface area contributed by atoms with Gasteiger partial charge < -0.3 is 16.0 Å². The van der Waals surface area contributed by atoms with E-state index in [1.807, 2.05) is 87.5 Å². The highest BCUT2D eigenvalue weighted by Gasteiger charge is 2.13. The minimum Gasteiger partial charge on any atom is -0.364 e. The van der Waals surface area contributed by atoms with Crippen LogP contribution in [0.3, 0.4) is 0 Å². The van der Waals surface area contributed by atoms with Gasteiger partial charge in [0.2, 0.25) is 0 Å². The maximum atomic E-state index is 12.8. The van der Waals surface area contributed by atoms with E-state index in [2.05, 4.69) is 36.0 Å². The van der Waals surface area contributed by atoms with E-state index in [9.17, 15) is 4.79 Å². The smallest absolute Gasteiger partial charge is 0.255 e. The summed E-state index contributed by atoms with van der Waals surface area (Å²) in [4.78, 5) is 25.9. The van der Waals surface area contributed by atoms with Crippen molar-refractivity contribution < 1.29 is 4.79 Å². The number of amides is 1. The number of hydrogen-bond donors (Lipinski definition) is 3. The Labute approximate surface area is 221 Å². The summed E-state index contributed by atoms with van der Waals surface area (Å²) in [5.74, 6) is 1.86. The SMILES string of the molecule is Cc1cccc(C(=O)Nc2ccc(C)c(Nc3cc(C)nn3-c3cc(NCc4ccccn4)ncn3)c2)c1. The quantitative estimate of drug-likeness (QED) is 0.253. The van der Waals surface area contributed by atoms with Crippen LogP contribution >= 0.6 is 0 Å². The number of aromatic nitrogens is 5. The summed E-state index contributed by atoms with van der Waals surface area (Å²) < 4.78 is 1.74. The van der Waals surface area contributed by atoms with E-state index < -0.39 is 0 Å². The molecule has 190 valence electrons. The molecule has 9 nitrogen and oxygen atoms in total. The van der Waals surface area contributed by atoms with Crippen LogP contribution in [0.4, 0.5) is 23.0 Å². The molecular weight excluding hydrogens is 476 g/mol. The normalized spacial score (nSPS) is 10.7. The van der Waals surface area contributed by atoms with Crippen LogP contribution in [0.25, 0.3) is 5.82 Å². The molecular formula is C29H28N8O. The highest BCUT2D eigenvalue weighted by Crippen LogP contribution is 2.27. The Balaban J connectivity index is 1.36. The minimum absolute atomic E-state index is 0.156. The maximum absolute atomic E-state index is 12.8. The molecule has 0 aliphatic heterocycles. The zero-order valence-electron chi connectivity index (χ0n) is 21.4. The average molecular weight is 505 g/mol. The largest absolute Gasteiger partial charge is 0.364 e. The molecule has 0 aliphatic carbocycles. The number of anilines is 4. The van der Waals surface area contributed by atoms with Crippen molar-refractivity contribution in [2.45, 2.75) is 27.3 Å². The van der Waals surface area contributed by atoms with E-state index in [-0.39, 0.29) is 5.91 Å². The molecule has 0 atom stereocenters. The second kappa shape index (κ2) is 10.9. The molecule has 9 heteroatoms. The first-order valence-corrected chi connectivity index (χ1v) is 12.2. The molecule has 3 heterocycles. The van der Waals surface area contributed by atoms with Crippen molar-refractivity contribution in [3.8, 4) is 5.82 Å². The van der Waals surface area contributed by atoms with E-state index in [0.29, 0.717) is 29.4 Å². The Kier molecular flexibility index (Phi) is 7.08. The number of benzene rings is 2. The molecule has 5 aromatic rings. The van der Waals surface area contributed by atoms with Gasteiger partial charge in [0.05, 0.1) is 17.9 Å². The highest BCUT2D eigenvalue weighted by atomic mass is 16.1. The lowest BCUT2D eigenvalue weighted by atomic mass is 10.1. The highest BCUT2D eigenvalue weighted by molar-refractivity contribution is 6.04. The van der Waals surface area contributed by atoms with Crippen molar-refractivity contribution in [3.63, 3.8) is 0 Å². The summed E-state index contributed by atoms with van der Waals surface area (Å²) >= 11 is 0. The van der Waals surface area contributed by atoms with Gasteiger partial charge in [0.25, 0.3) is 5.91 Å². The molecule has 3 aromatic heterocycles. The molecule has 0 fully saturated rings. The van der Waals surface area contributed by atoms with Crippen LogP contribution in [-0.2, 0) is 6.54 Å². The van der Waals surface area contributed by atoms with Crippen LogP contribution in [0, 0.1) is 20.8 Å². The van der Waals surface area contributed by atoms with Gasteiger partial charge in [0.15, 0.2) is 5.82 Å². The number of carbonyl (C=O) groups excluding carboxylic acids is 1. The lowest BCUT2D eigenvalue weighted by Gasteiger charge is -2.14. The molecule has 0 saturated heterocycles. The van der Waals surface area contributed by atoms with E-state index in [1.54, 1.807) is 16.9 Å².